The molecule has 0 aliphatic rings. The molecule has 194 valence electrons. The summed E-state index contributed by atoms with van der Waals surface area (Å²) in [6.07, 6.45) is 17.8. The lowest BCUT2D eigenvalue weighted by Crippen LogP contribution is -3.00. The lowest BCUT2D eigenvalue weighted by molar-refractivity contribution is -0.693. The number of rotatable bonds is 12. The molecule has 0 amide bonds. The van der Waals surface area contributed by atoms with Gasteiger partial charge in [0.2, 0.25) is 0 Å². The van der Waals surface area contributed by atoms with E-state index in [2.05, 4.69) is 108 Å². The van der Waals surface area contributed by atoms with Crippen molar-refractivity contribution in [2.45, 2.75) is 59.7 Å². The highest BCUT2D eigenvalue weighted by Gasteiger charge is 2.22. The predicted octanol–water partition coefficient (Wildman–Crippen LogP) is -4.99. The Morgan fingerprint density at radius 2 is 0.743 bits per heavy atom. The number of aryl methyl sites for hydroxylation is 6. The second-order valence-corrected chi connectivity index (χ2v) is 12.0. The zero-order valence-electron chi connectivity index (χ0n) is 21.1. The third kappa shape index (κ3) is 11.9. The number of pyridine rings is 3. The lowest BCUT2D eigenvalue weighted by atomic mass is 10.2. The summed E-state index contributed by atoms with van der Waals surface area (Å²) in [5, 5.41) is 0. The van der Waals surface area contributed by atoms with E-state index in [1.54, 1.807) is 0 Å². The number of hydrogen-bond acceptors (Lipinski definition) is 1. The van der Waals surface area contributed by atoms with Gasteiger partial charge in [-0.3, -0.25) is 0 Å². The van der Waals surface area contributed by atoms with Crippen molar-refractivity contribution in [3.8, 4) is 0 Å². The van der Waals surface area contributed by atoms with Crippen LogP contribution in [0.5, 0.6) is 0 Å². The molecule has 0 unspecified atom stereocenters. The average molecular weight is 833 g/mol. The van der Waals surface area contributed by atoms with Gasteiger partial charge in [-0.05, 0) is 56.7 Å². The molecule has 4 nitrogen and oxygen atoms in total. The fourth-order valence-electron chi connectivity index (χ4n) is 3.93. The number of hydrogen-bond donors (Lipinski definition) is 0. The second-order valence-electron chi connectivity index (χ2n) is 8.59. The van der Waals surface area contributed by atoms with E-state index < -0.39 is 7.14 Å². The average Bonchev–Trinajstić information content (AvgIpc) is 2.86. The Kier molecular flexibility index (Phi) is 18.1. The highest BCUT2D eigenvalue weighted by atomic mass is 127. The van der Waals surface area contributed by atoms with Gasteiger partial charge < -0.3 is 76.5 Å². The summed E-state index contributed by atoms with van der Waals surface area (Å²) < 4.78 is 20.6. The summed E-state index contributed by atoms with van der Waals surface area (Å²) in [5.74, 6) is 0. The van der Waals surface area contributed by atoms with Gasteiger partial charge in [-0.15, -0.1) is 0 Å². The SMILES string of the molecule is CC[n+]1ccc(CCP(=O)(CCc2cc[n+](CC)cc2)CCc2cc[n+](CC)cc2)cc1.[I-].[I-].[I-]. The van der Waals surface area contributed by atoms with Gasteiger partial charge in [-0.25, -0.2) is 13.7 Å². The summed E-state index contributed by atoms with van der Waals surface area (Å²) in [5.41, 5.74) is 3.84. The molecule has 0 spiro atoms. The summed E-state index contributed by atoms with van der Waals surface area (Å²) in [6.45, 7) is 9.36. The van der Waals surface area contributed by atoms with Crippen molar-refractivity contribution < 1.29 is 90.2 Å². The summed E-state index contributed by atoms with van der Waals surface area (Å²) in [6, 6.07) is 13.1. The standard InChI is InChI=1S/C27H39N3OP.3HI/c1-4-28-16-7-25(8-17-28)13-22-32(31,23-14-26-9-18-29(5-2)19-10-26)24-15-27-11-20-30(6-3)21-12-27;;;/h7-12,16-21H,4-6,13-15,22-24H2,1-3H3;3*1H/q+3;;;/p-3. The van der Waals surface area contributed by atoms with Gasteiger partial charge in [0.25, 0.3) is 0 Å². The molecule has 0 aliphatic heterocycles. The maximum atomic E-state index is 14.1. The van der Waals surface area contributed by atoms with E-state index in [0.717, 1.165) is 57.4 Å². The molecule has 0 N–H and O–H groups in total. The number of aromatic nitrogens is 3. The van der Waals surface area contributed by atoms with E-state index >= 15 is 0 Å². The minimum absolute atomic E-state index is 0. The fraction of sp³-hybridized carbons (Fsp3) is 0.444. The van der Waals surface area contributed by atoms with Crippen molar-refractivity contribution in [1.29, 1.82) is 0 Å². The van der Waals surface area contributed by atoms with Crippen LogP contribution in [0.2, 0.25) is 0 Å². The Labute approximate surface area is 263 Å². The Morgan fingerprint density at radius 3 is 0.943 bits per heavy atom. The molecular formula is C27H39I3N3OP. The third-order valence-corrected chi connectivity index (χ3v) is 9.52. The van der Waals surface area contributed by atoms with E-state index in [0.29, 0.717) is 0 Å². The van der Waals surface area contributed by atoms with Crippen LogP contribution in [0.1, 0.15) is 37.5 Å². The minimum Gasteiger partial charge on any atom is -1.00 e. The Hall–Kier alpha value is -0.130. The lowest BCUT2D eigenvalue weighted by Gasteiger charge is -2.18. The summed E-state index contributed by atoms with van der Waals surface area (Å²) >= 11 is 0. The highest BCUT2D eigenvalue weighted by Crippen LogP contribution is 2.47. The van der Waals surface area contributed by atoms with Gasteiger partial charge in [0, 0.05) is 54.9 Å². The second kappa shape index (κ2) is 18.2. The van der Waals surface area contributed by atoms with Gasteiger partial charge in [0.15, 0.2) is 37.2 Å². The Balaban J connectivity index is 0.00000385. The van der Waals surface area contributed by atoms with Crippen LogP contribution in [0, 0.1) is 0 Å². The van der Waals surface area contributed by atoms with E-state index in [1.165, 1.54) is 16.7 Å². The highest BCUT2D eigenvalue weighted by molar-refractivity contribution is 7.63. The van der Waals surface area contributed by atoms with Gasteiger partial charge in [-0.2, -0.15) is 0 Å². The van der Waals surface area contributed by atoms with Crippen LogP contribution in [0.4, 0.5) is 0 Å². The molecule has 35 heavy (non-hydrogen) atoms. The number of halogens is 3. The Morgan fingerprint density at radius 1 is 0.514 bits per heavy atom. The van der Waals surface area contributed by atoms with Crippen LogP contribution in [0.15, 0.2) is 73.6 Å². The van der Waals surface area contributed by atoms with Crippen molar-refractivity contribution in [3.05, 3.63) is 90.3 Å². The van der Waals surface area contributed by atoms with Crippen molar-refractivity contribution in [1.82, 2.24) is 0 Å². The quantitative estimate of drug-likeness (QED) is 0.102. The van der Waals surface area contributed by atoms with Crippen molar-refractivity contribution in [2.75, 3.05) is 18.5 Å². The van der Waals surface area contributed by atoms with Gasteiger partial charge in [-0.1, -0.05) is 0 Å². The zero-order valence-corrected chi connectivity index (χ0v) is 28.5. The molecule has 0 fully saturated rings. The first-order valence-corrected chi connectivity index (χ1v) is 14.3. The summed E-state index contributed by atoms with van der Waals surface area (Å²) in [4.78, 5) is 0. The maximum Gasteiger partial charge on any atom is 0.169 e. The van der Waals surface area contributed by atoms with Crippen LogP contribution < -0.4 is 85.6 Å². The van der Waals surface area contributed by atoms with E-state index in [-0.39, 0.29) is 71.9 Å². The first-order chi connectivity index (χ1) is 15.5. The molecule has 0 radical (unpaired) electrons. The molecular weight excluding hydrogens is 794 g/mol. The first kappa shape index (κ1) is 34.9. The molecule has 3 rings (SSSR count). The van der Waals surface area contributed by atoms with E-state index in [1.807, 2.05) is 0 Å². The predicted molar refractivity (Wildman–Crippen MR) is 130 cm³/mol. The van der Waals surface area contributed by atoms with E-state index in [4.69, 9.17) is 0 Å². The largest absolute Gasteiger partial charge is 1.00 e. The van der Waals surface area contributed by atoms with Gasteiger partial charge >= 0.3 is 0 Å². The fourth-order valence-corrected chi connectivity index (χ4v) is 6.60. The third-order valence-electron chi connectivity index (χ3n) is 6.40. The molecule has 0 saturated carbocycles. The normalized spacial score (nSPS) is 10.6. The molecule has 0 atom stereocenters. The van der Waals surface area contributed by atoms with Crippen LogP contribution in [0.3, 0.4) is 0 Å². The molecule has 0 aliphatic carbocycles. The topological polar surface area (TPSA) is 28.7 Å². The van der Waals surface area contributed by atoms with Crippen LogP contribution in [-0.4, -0.2) is 18.5 Å². The molecule has 0 saturated heterocycles. The van der Waals surface area contributed by atoms with Crippen molar-refractivity contribution in [2.24, 2.45) is 0 Å². The molecule has 8 heteroatoms. The van der Waals surface area contributed by atoms with Crippen LogP contribution in [0.25, 0.3) is 0 Å². The van der Waals surface area contributed by atoms with Crippen LogP contribution in [-0.2, 0) is 43.5 Å². The van der Waals surface area contributed by atoms with E-state index in [9.17, 15) is 4.57 Å². The minimum atomic E-state index is -2.29. The van der Waals surface area contributed by atoms with Crippen molar-refractivity contribution in [3.63, 3.8) is 0 Å². The number of nitrogens with zero attached hydrogens (tertiary/aromatic N) is 3. The molecule has 0 bridgehead atoms. The van der Waals surface area contributed by atoms with Crippen LogP contribution >= 0.6 is 7.14 Å². The molecule has 3 aromatic heterocycles. The monoisotopic (exact) mass is 833 g/mol. The zero-order chi connectivity index (χ0) is 22.8. The molecule has 0 aromatic carbocycles. The maximum absolute atomic E-state index is 14.1. The van der Waals surface area contributed by atoms with Gasteiger partial charge in [0.05, 0.1) is 7.14 Å². The molecule has 3 heterocycles. The smallest absolute Gasteiger partial charge is 0.169 e. The van der Waals surface area contributed by atoms with Crippen molar-refractivity contribution >= 4 is 7.14 Å². The molecule has 3 aromatic rings. The first-order valence-electron chi connectivity index (χ1n) is 12.0. The van der Waals surface area contributed by atoms with Gasteiger partial charge in [0.1, 0.15) is 19.6 Å². The Bertz CT molecular complexity index is 881. The summed E-state index contributed by atoms with van der Waals surface area (Å²) in [7, 11) is -2.29.